The van der Waals surface area contributed by atoms with Gasteiger partial charge in [-0.1, -0.05) is 0 Å². The van der Waals surface area contributed by atoms with Crippen molar-refractivity contribution in [2.45, 2.75) is 0 Å². The predicted octanol–water partition coefficient (Wildman–Crippen LogP) is 0.161. The molecule has 0 bridgehead atoms. The van der Waals surface area contributed by atoms with Crippen LogP contribution in [0.25, 0.3) is 0 Å². The minimum Gasteiger partial charge on any atom is -0.331 e. The highest BCUT2D eigenvalue weighted by molar-refractivity contribution is 5.74. The number of hydrogen-bond donors (Lipinski definition) is 0. The number of carbonyl (C=O) groups excluding carboxylic acids is 1. The molecular weight excluding hydrogens is 178 g/mol. The lowest BCUT2D eigenvalue weighted by Crippen LogP contribution is -2.39. The second-order valence-electron chi connectivity index (χ2n) is 4.82. The van der Waals surface area contributed by atoms with Crippen LogP contribution in [0.4, 0.5) is 4.79 Å². The molecule has 0 aromatic carbocycles. The quantitative estimate of drug-likeness (QED) is 0.553. The SMILES string of the molecule is CN1CC2CN(C(=O)N(C)C)CC2C1. The molecule has 2 aliphatic heterocycles. The maximum atomic E-state index is 11.7. The Balaban J connectivity index is 1.94. The van der Waals surface area contributed by atoms with Crippen LogP contribution >= 0.6 is 0 Å². The molecule has 0 saturated carbocycles. The third-order valence-corrected chi connectivity index (χ3v) is 3.32. The van der Waals surface area contributed by atoms with Crippen molar-refractivity contribution in [1.82, 2.24) is 14.7 Å². The van der Waals surface area contributed by atoms with Gasteiger partial charge in [0, 0.05) is 40.3 Å². The molecule has 2 amide bonds. The van der Waals surface area contributed by atoms with Gasteiger partial charge in [0.25, 0.3) is 0 Å². The Bertz CT molecular complexity index is 228. The lowest BCUT2D eigenvalue weighted by atomic mass is 10.0. The second kappa shape index (κ2) is 3.42. The summed E-state index contributed by atoms with van der Waals surface area (Å²) in [5, 5.41) is 0. The van der Waals surface area contributed by atoms with E-state index in [9.17, 15) is 4.79 Å². The molecule has 0 radical (unpaired) electrons. The highest BCUT2D eigenvalue weighted by Crippen LogP contribution is 2.30. The first-order valence-electron chi connectivity index (χ1n) is 5.22. The monoisotopic (exact) mass is 197 g/mol. The van der Waals surface area contributed by atoms with Crippen LogP contribution in [-0.4, -0.2) is 68.1 Å². The van der Waals surface area contributed by atoms with Crippen LogP contribution in [0.1, 0.15) is 0 Å². The molecule has 0 N–H and O–H groups in total. The Labute approximate surface area is 85.5 Å². The summed E-state index contributed by atoms with van der Waals surface area (Å²) in [6, 6.07) is 0.169. The molecular formula is C10H19N3O. The lowest BCUT2D eigenvalue weighted by Gasteiger charge is -2.23. The first-order valence-corrected chi connectivity index (χ1v) is 5.22. The van der Waals surface area contributed by atoms with Crippen molar-refractivity contribution in [3.63, 3.8) is 0 Å². The number of rotatable bonds is 0. The zero-order valence-corrected chi connectivity index (χ0v) is 9.23. The summed E-state index contributed by atoms with van der Waals surface area (Å²) < 4.78 is 0. The largest absolute Gasteiger partial charge is 0.331 e. The van der Waals surface area contributed by atoms with Crippen molar-refractivity contribution in [2.24, 2.45) is 11.8 Å². The zero-order chi connectivity index (χ0) is 10.3. The van der Waals surface area contributed by atoms with E-state index < -0.39 is 0 Å². The Morgan fingerprint density at radius 3 is 2.07 bits per heavy atom. The van der Waals surface area contributed by atoms with Crippen LogP contribution in [0, 0.1) is 11.8 Å². The minimum atomic E-state index is 0.169. The predicted molar refractivity (Wildman–Crippen MR) is 55.1 cm³/mol. The molecule has 0 aromatic heterocycles. The van der Waals surface area contributed by atoms with Gasteiger partial charge in [0.2, 0.25) is 0 Å². The third kappa shape index (κ3) is 1.59. The van der Waals surface area contributed by atoms with Gasteiger partial charge in [0.05, 0.1) is 0 Å². The molecule has 4 heteroatoms. The van der Waals surface area contributed by atoms with E-state index in [1.54, 1.807) is 4.90 Å². The van der Waals surface area contributed by atoms with Crippen LogP contribution in [0.3, 0.4) is 0 Å². The van der Waals surface area contributed by atoms with Crippen molar-refractivity contribution >= 4 is 6.03 Å². The number of hydrogen-bond acceptors (Lipinski definition) is 2. The van der Waals surface area contributed by atoms with E-state index in [0.29, 0.717) is 11.8 Å². The van der Waals surface area contributed by atoms with E-state index in [1.165, 1.54) is 0 Å². The fourth-order valence-corrected chi connectivity index (χ4v) is 2.67. The smallest absolute Gasteiger partial charge is 0.319 e. The van der Waals surface area contributed by atoms with Gasteiger partial charge in [0.1, 0.15) is 0 Å². The molecule has 14 heavy (non-hydrogen) atoms. The molecule has 2 unspecified atom stereocenters. The summed E-state index contributed by atoms with van der Waals surface area (Å²) in [5.41, 5.74) is 0. The van der Waals surface area contributed by atoms with E-state index in [2.05, 4.69) is 11.9 Å². The Morgan fingerprint density at radius 2 is 1.64 bits per heavy atom. The minimum absolute atomic E-state index is 0.169. The zero-order valence-electron chi connectivity index (χ0n) is 9.23. The van der Waals surface area contributed by atoms with E-state index >= 15 is 0 Å². The Kier molecular flexibility index (Phi) is 2.39. The maximum absolute atomic E-state index is 11.7. The van der Waals surface area contributed by atoms with E-state index in [0.717, 1.165) is 26.2 Å². The van der Waals surface area contributed by atoms with Crippen LogP contribution in [0.5, 0.6) is 0 Å². The van der Waals surface area contributed by atoms with E-state index in [4.69, 9.17) is 0 Å². The van der Waals surface area contributed by atoms with Crippen molar-refractivity contribution in [1.29, 1.82) is 0 Å². The van der Waals surface area contributed by atoms with Gasteiger partial charge in [-0.2, -0.15) is 0 Å². The second-order valence-corrected chi connectivity index (χ2v) is 4.82. The van der Waals surface area contributed by atoms with Crippen molar-refractivity contribution in [3.8, 4) is 0 Å². The molecule has 2 aliphatic rings. The summed E-state index contributed by atoms with van der Waals surface area (Å²) in [4.78, 5) is 17.7. The van der Waals surface area contributed by atoms with E-state index in [-0.39, 0.29) is 6.03 Å². The number of likely N-dealkylation sites (tertiary alicyclic amines) is 2. The first-order chi connectivity index (χ1) is 6.58. The Hall–Kier alpha value is -0.770. The van der Waals surface area contributed by atoms with Crippen LogP contribution < -0.4 is 0 Å². The number of amides is 2. The molecule has 4 nitrogen and oxygen atoms in total. The van der Waals surface area contributed by atoms with Gasteiger partial charge in [-0.3, -0.25) is 0 Å². The third-order valence-electron chi connectivity index (χ3n) is 3.32. The van der Waals surface area contributed by atoms with Crippen LogP contribution in [0.15, 0.2) is 0 Å². The standard InChI is InChI=1S/C10H19N3O/c1-11(2)10(14)13-6-8-4-12(3)5-9(8)7-13/h8-9H,4-7H2,1-3H3. The maximum Gasteiger partial charge on any atom is 0.319 e. The summed E-state index contributed by atoms with van der Waals surface area (Å²) in [6.07, 6.45) is 0. The van der Waals surface area contributed by atoms with Crippen LogP contribution in [-0.2, 0) is 0 Å². The number of fused-ring (bicyclic) bond motifs is 1. The molecule has 0 aromatic rings. The van der Waals surface area contributed by atoms with Gasteiger partial charge in [-0.05, 0) is 18.9 Å². The molecule has 0 spiro atoms. The summed E-state index contributed by atoms with van der Waals surface area (Å²) >= 11 is 0. The molecule has 2 saturated heterocycles. The van der Waals surface area contributed by atoms with Gasteiger partial charge >= 0.3 is 6.03 Å². The van der Waals surface area contributed by atoms with Crippen molar-refractivity contribution in [2.75, 3.05) is 47.3 Å². The van der Waals surface area contributed by atoms with E-state index in [1.807, 2.05) is 19.0 Å². The Morgan fingerprint density at radius 1 is 1.14 bits per heavy atom. The molecule has 2 heterocycles. The van der Waals surface area contributed by atoms with Crippen LogP contribution in [0.2, 0.25) is 0 Å². The summed E-state index contributed by atoms with van der Waals surface area (Å²) in [7, 11) is 5.81. The normalized spacial score (nSPS) is 32.1. The fourth-order valence-electron chi connectivity index (χ4n) is 2.67. The highest BCUT2D eigenvalue weighted by Gasteiger charge is 2.40. The van der Waals surface area contributed by atoms with Crippen molar-refractivity contribution < 1.29 is 4.79 Å². The topological polar surface area (TPSA) is 26.8 Å². The number of nitrogens with zero attached hydrogens (tertiary/aromatic N) is 3. The molecule has 80 valence electrons. The van der Waals surface area contributed by atoms with Gasteiger partial charge in [0.15, 0.2) is 0 Å². The molecule has 2 atom stereocenters. The van der Waals surface area contributed by atoms with Crippen molar-refractivity contribution in [3.05, 3.63) is 0 Å². The van der Waals surface area contributed by atoms with Gasteiger partial charge in [-0.25, -0.2) is 4.79 Å². The molecule has 2 rings (SSSR count). The molecule has 2 fully saturated rings. The van der Waals surface area contributed by atoms with Gasteiger partial charge < -0.3 is 14.7 Å². The average molecular weight is 197 g/mol. The highest BCUT2D eigenvalue weighted by atomic mass is 16.2. The molecule has 0 aliphatic carbocycles. The average Bonchev–Trinajstić information content (AvgIpc) is 2.59. The number of urea groups is 1. The van der Waals surface area contributed by atoms with Gasteiger partial charge in [-0.15, -0.1) is 0 Å². The number of carbonyl (C=O) groups is 1. The fraction of sp³-hybridized carbons (Fsp3) is 0.900. The lowest BCUT2D eigenvalue weighted by molar-refractivity contribution is 0.175. The summed E-state index contributed by atoms with van der Waals surface area (Å²) in [5.74, 6) is 1.42. The summed E-state index contributed by atoms with van der Waals surface area (Å²) in [6.45, 7) is 4.21. The first kappa shape index (κ1) is 9.77.